The highest BCUT2D eigenvalue weighted by atomic mass is 35.5. The lowest BCUT2D eigenvalue weighted by Gasteiger charge is -2.05. The summed E-state index contributed by atoms with van der Waals surface area (Å²) in [6, 6.07) is 23.5. The maximum absolute atomic E-state index is 12.5. The number of sulfonamides is 1. The number of nitrogens with one attached hydrogen (secondary N) is 1. The van der Waals surface area contributed by atoms with Gasteiger partial charge in [0.25, 0.3) is 10.0 Å². The maximum atomic E-state index is 12.5. The van der Waals surface area contributed by atoms with Gasteiger partial charge in [-0.15, -0.1) is 14.6 Å². The monoisotopic (exact) mass is 563 g/mol. The summed E-state index contributed by atoms with van der Waals surface area (Å²) < 4.78 is 30.4. The van der Waals surface area contributed by atoms with Crippen LogP contribution in [0.2, 0.25) is 5.02 Å². The minimum atomic E-state index is -3.80. The second-order valence-electron chi connectivity index (χ2n) is 8.40. The van der Waals surface area contributed by atoms with Crippen LogP contribution in [0.3, 0.4) is 0 Å². The van der Waals surface area contributed by atoms with E-state index in [4.69, 9.17) is 16.7 Å². The lowest BCUT2D eigenvalue weighted by molar-refractivity contribution is 0.594. The standard InChI is InChI=1S/C26H22ClN7O2S2/c1-33(2)17-28-38(35,36)22-14-12-21(13-15-22)34-16-23(24(32-34)18-6-4-3-5-7-18)25-30-31-26(37-25)29-20-10-8-19(27)9-11-20/h3-17H,1-2H3,(H,29,31)/b28-17+. The van der Waals surface area contributed by atoms with Gasteiger partial charge in [-0.1, -0.05) is 53.3 Å². The Labute approximate surface area is 229 Å². The Morgan fingerprint density at radius 2 is 1.68 bits per heavy atom. The van der Waals surface area contributed by atoms with Crippen molar-refractivity contribution in [1.82, 2.24) is 24.9 Å². The van der Waals surface area contributed by atoms with Gasteiger partial charge in [0.15, 0.2) is 5.01 Å². The molecule has 0 unspecified atom stereocenters. The van der Waals surface area contributed by atoms with Gasteiger partial charge in [0, 0.05) is 36.6 Å². The quantitative estimate of drug-likeness (QED) is 0.190. The molecular weight excluding hydrogens is 542 g/mol. The van der Waals surface area contributed by atoms with Crippen molar-refractivity contribution in [3.05, 3.63) is 90.1 Å². The summed E-state index contributed by atoms with van der Waals surface area (Å²) in [5.41, 5.74) is 3.98. The summed E-state index contributed by atoms with van der Waals surface area (Å²) in [6.45, 7) is 0. The van der Waals surface area contributed by atoms with Crippen molar-refractivity contribution in [2.75, 3.05) is 19.4 Å². The Kier molecular flexibility index (Phi) is 7.23. The zero-order valence-electron chi connectivity index (χ0n) is 20.4. The van der Waals surface area contributed by atoms with E-state index in [2.05, 4.69) is 19.9 Å². The third kappa shape index (κ3) is 5.75. The van der Waals surface area contributed by atoms with E-state index < -0.39 is 10.0 Å². The fourth-order valence-corrected chi connectivity index (χ4v) is 5.31. The molecule has 0 saturated carbocycles. The van der Waals surface area contributed by atoms with Crippen LogP contribution in [0.1, 0.15) is 0 Å². The van der Waals surface area contributed by atoms with E-state index in [1.54, 1.807) is 47.9 Å². The number of hydrogen-bond donors (Lipinski definition) is 1. The summed E-state index contributed by atoms with van der Waals surface area (Å²) in [4.78, 5) is 1.66. The Hall–Kier alpha value is -4.06. The molecule has 12 heteroatoms. The topological polar surface area (TPSA) is 105 Å². The van der Waals surface area contributed by atoms with Crippen molar-refractivity contribution in [3.63, 3.8) is 0 Å². The molecule has 5 rings (SSSR count). The molecule has 38 heavy (non-hydrogen) atoms. The van der Waals surface area contributed by atoms with Gasteiger partial charge >= 0.3 is 0 Å². The highest BCUT2D eigenvalue weighted by Gasteiger charge is 2.19. The van der Waals surface area contributed by atoms with E-state index in [0.29, 0.717) is 20.8 Å². The van der Waals surface area contributed by atoms with Gasteiger partial charge in [0.05, 0.1) is 16.1 Å². The number of nitrogens with zero attached hydrogens (tertiary/aromatic N) is 6. The van der Waals surface area contributed by atoms with Crippen molar-refractivity contribution < 1.29 is 8.42 Å². The van der Waals surface area contributed by atoms with E-state index in [0.717, 1.165) is 22.5 Å². The van der Waals surface area contributed by atoms with Crippen LogP contribution in [-0.4, -0.2) is 53.7 Å². The third-order valence-electron chi connectivity index (χ3n) is 5.33. The van der Waals surface area contributed by atoms with Crippen LogP contribution in [0.15, 0.2) is 94.4 Å². The highest BCUT2D eigenvalue weighted by Crippen LogP contribution is 2.36. The molecule has 2 heterocycles. The van der Waals surface area contributed by atoms with Gasteiger partial charge in [-0.3, -0.25) is 0 Å². The molecule has 0 aliphatic carbocycles. The molecule has 9 nitrogen and oxygen atoms in total. The largest absolute Gasteiger partial charge is 0.368 e. The average molecular weight is 564 g/mol. The molecular formula is C26H22ClN7O2S2. The van der Waals surface area contributed by atoms with E-state index in [1.165, 1.54) is 29.8 Å². The molecule has 0 aliphatic rings. The van der Waals surface area contributed by atoms with Gasteiger partial charge in [0.2, 0.25) is 5.13 Å². The molecule has 0 atom stereocenters. The molecule has 3 aromatic carbocycles. The van der Waals surface area contributed by atoms with Crippen LogP contribution >= 0.6 is 22.9 Å². The highest BCUT2D eigenvalue weighted by molar-refractivity contribution is 7.90. The van der Waals surface area contributed by atoms with E-state index in [-0.39, 0.29) is 4.90 Å². The van der Waals surface area contributed by atoms with Crippen LogP contribution in [0, 0.1) is 0 Å². The summed E-state index contributed by atoms with van der Waals surface area (Å²) in [6.07, 6.45) is 3.12. The second-order valence-corrected chi connectivity index (χ2v) is 11.4. The fraction of sp³-hybridized carbons (Fsp3) is 0.0769. The van der Waals surface area contributed by atoms with Gasteiger partial charge < -0.3 is 10.2 Å². The molecule has 2 aromatic heterocycles. The van der Waals surface area contributed by atoms with Crippen LogP contribution in [0.5, 0.6) is 0 Å². The molecule has 5 aromatic rings. The normalized spacial score (nSPS) is 11.7. The van der Waals surface area contributed by atoms with Crippen LogP contribution in [0.25, 0.3) is 27.5 Å². The van der Waals surface area contributed by atoms with Crippen molar-refractivity contribution in [2.45, 2.75) is 4.90 Å². The molecule has 0 aliphatic heterocycles. The van der Waals surface area contributed by atoms with E-state index in [9.17, 15) is 8.42 Å². The number of aromatic nitrogens is 4. The number of rotatable bonds is 8. The van der Waals surface area contributed by atoms with Crippen LogP contribution in [-0.2, 0) is 10.0 Å². The zero-order valence-corrected chi connectivity index (χ0v) is 22.7. The Bertz CT molecular complexity index is 1680. The number of hydrogen-bond acceptors (Lipinski definition) is 7. The number of anilines is 2. The van der Waals surface area contributed by atoms with Crippen LogP contribution in [0.4, 0.5) is 10.8 Å². The first-order valence-corrected chi connectivity index (χ1v) is 14.0. The lowest BCUT2D eigenvalue weighted by Crippen LogP contribution is -2.10. The summed E-state index contributed by atoms with van der Waals surface area (Å²) >= 11 is 7.38. The van der Waals surface area contributed by atoms with Gasteiger partial charge in [-0.25, -0.2) is 4.68 Å². The summed E-state index contributed by atoms with van der Waals surface area (Å²) in [7, 11) is -0.392. The fourth-order valence-electron chi connectivity index (χ4n) is 3.50. The zero-order chi connectivity index (χ0) is 26.7. The predicted molar refractivity (Wildman–Crippen MR) is 152 cm³/mol. The molecule has 0 amide bonds. The number of halogens is 1. The van der Waals surface area contributed by atoms with E-state index in [1.807, 2.05) is 48.7 Å². The van der Waals surface area contributed by atoms with Gasteiger partial charge in [-0.05, 0) is 48.5 Å². The Morgan fingerprint density at radius 3 is 2.37 bits per heavy atom. The summed E-state index contributed by atoms with van der Waals surface area (Å²) in [5.74, 6) is 0. The minimum Gasteiger partial charge on any atom is -0.368 e. The Morgan fingerprint density at radius 1 is 0.974 bits per heavy atom. The predicted octanol–water partition coefficient (Wildman–Crippen LogP) is 5.73. The minimum absolute atomic E-state index is 0.0945. The van der Waals surface area contributed by atoms with Gasteiger partial charge in [-0.2, -0.15) is 13.5 Å². The first-order valence-electron chi connectivity index (χ1n) is 11.4. The summed E-state index contributed by atoms with van der Waals surface area (Å²) in [5, 5.41) is 18.7. The number of benzene rings is 3. The SMILES string of the molecule is CN(C)/C=N/S(=O)(=O)c1ccc(-n2cc(-c3nnc(Nc4ccc(Cl)cc4)s3)c(-c3ccccc3)n2)cc1. The molecule has 0 saturated heterocycles. The van der Waals surface area contributed by atoms with Crippen LogP contribution < -0.4 is 5.32 Å². The molecule has 0 fully saturated rings. The van der Waals surface area contributed by atoms with Crippen molar-refractivity contribution in [3.8, 4) is 27.5 Å². The molecule has 0 spiro atoms. The van der Waals surface area contributed by atoms with Crippen molar-refractivity contribution in [2.24, 2.45) is 4.40 Å². The molecule has 0 bridgehead atoms. The second kappa shape index (κ2) is 10.7. The van der Waals surface area contributed by atoms with Crippen molar-refractivity contribution >= 4 is 50.1 Å². The van der Waals surface area contributed by atoms with Gasteiger partial charge in [0.1, 0.15) is 12.0 Å². The van der Waals surface area contributed by atoms with E-state index >= 15 is 0 Å². The molecule has 192 valence electrons. The first kappa shape index (κ1) is 25.6. The van der Waals surface area contributed by atoms with Crippen molar-refractivity contribution in [1.29, 1.82) is 0 Å². The smallest absolute Gasteiger partial charge is 0.283 e. The maximum Gasteiger partial charge on any atom is 0.283 e. The lowest BCUT2D eigenvalue weighted by atomic mass is 10.1. The average Bonchev–Trinajstić information content (AvgIpc) is 3.57. The molecule has 1 N–H and O–H groups in total. The third-order valence-corrected chi connectivity index (χ3v) is 7.69. The Balaban J connectivity index is 1.49. The first-order chi connectivity index (χ1) is 18.3. The molecule has 0 radical (unpaired) electrons.